The van der Waals surface area contributed by atoms with Gasteiger partial charge in [0.1, 0.15) is 5.00 Å². The van der Waals surface area contributed by atoms with E-state index in [0.29, 0.717) is 5.00 Å². The van der Waals surface area contributed by atoms with Crippen LogP contribution in [0, 0.1) is 6.92 Å². The molecule has 1 aromatic heterocycles. The molecule has 0 fully saturated rings. The summed E-state index contributed by atoms with van der Waals surface area (Å²) >= 11 is 1.39. The first-order valence-electron chi connectivity index (χ1n) is 4.19. The van der Waals surface area contributed by atoms with E-state index in [1.165, 1.54) is 11.3 Å². The average Bonchev–Trinajstić information content (AvgIpc) is 2.28. The molecule has 4 heteroatoms. The van der Waals surface area contributed by atoms with E-state index in [-0.39, 0.29) is 5.56 Å². The van der Waals surface area contributed by atoms with Gasteiger partial charge in [0.2, 0.25) is 0 Å². The molecule has 0 unspecified atom stereocenters. The van der Waals surface area contributed by atoms with E-state index in [1.807, 2.05) is 6.92 Å². The number of aryl methyl sites for hydroxylation is 1. The quantitative estimate of drug-likeness (QED) is 0.785. The molecule has 3 nitrogen and oxygen atoms in total. The van der Waals surface area contributed by atoms with E-state index in [1.54, 1.807) is 0 Å². The number of hydrogen-bond acceptors (Lipinski definition) is 3. The molecule has 0 aliphatic rings. The first-order chi connectivity index (χ1) is 6.07. The van der Waals surface area contributed by atoms with Crippen molar-refractivity contribution in [2.24, 2.45) is 0 Å². The van der Waals surface area contributed by atoms with Crippen LogP contribution in [0.15, 0.2) is 0 Å². The molecule has 0 aromatic carbocycles. The number of carbonyl (C=O) groups is 1. The van der Waals surface area contributed by atoms with Crippen LogP contribution >= 0.6 is 11.3 Å². The monoisotopic (exact) mass is 199 g/mol. The van der Waals surface area contributed by atoms with Gasteiger partial charge in [-0.1, -0.05) is 13.3 Å². The fraction of sp³-hybridized carbons (Fsp3) is 0.444. The lowest BCUT2D eigenvalue weighted by Gasteiger charge is -1.96. The van der Waals surface area contributed by atoms with Crippen LogP contribution in [0.3, 0.4) is 0 Å². The van der Waals surface area contributed by atoms with E-state index in [9.17, 15) is 4.79 Å². The number of nitrogen functional groups attached to an aromatic ring is 1. The molecule has 0 amide bonds. The predicted molar refractivity (Wildman–Crippen MR) is 54.4 cm³/mol. The largest absolute Gasteiger partial charge is 0.478 e. The van der Waals surface area contributed by atoms with E-state index < -0.39 is 5.97 Å². The van der Waals surface area contributed by atoms with Gasteiger partial charge in [-0.2, -0.15) is 0 Å². The Morgan fingerprint density at radius 1 is 1.62 bits per heavy atom. The van der Waals surface area contributed by atoms with Crippen LogP contribution in [0.25, 0.3) is 0 Å². The van der Waals surface area contributed by atoms with Gasteiger partial charge in [-0.05, 0) is 18.9 Å². The number of thiophene rings is 1. The predicted octanol–water partition coefficient (Wildman–Crippen LogP) is 2.29. The smallest absolute Gasteiger partial charge is 0.338 e. The third-order valence-corrected chi connectivity index (χ3v) is 3.14. The Morgan fingerprint density at radius 3 is 2.62 bits per heavy atom. The van der Waals surface area contributed by atoms with Gasteiger partial charge in [0.05, 0.1) is 5.56 Å². The van der Waals surface area contributed by atoms with Crippen molar-refractivity contribution in [1.82, 2.24) is 0 Å². The lowest BCUT2D eigenvalue weighted by Crippen LogP contribution is -2.00. The second-order valence-corrected chi connectivity index (χ2v) is 4.08. The van der Waals surface area contributed by atoms with Gasteiger partial charge in [-0.25, -0.2) is 4.79 Å². The maximum absolute atomic E-state index is 10.8. The van der Waals surface area contributed by atoms with Crippen LogP contribution in [0.4, 0.5) is 5.00 Å². The molecule has 0 saturated heterocycles. The van der Waals surface area contributed by atoms with Gasteiger partial charge < -0.3 is 10.8 Å². The highest BCUT2D eigenvalue weighted by molar-refractivity contribution is 7.16. The molecule has 13 heavy (non-hydrogen) atoms. The maximum Gasteiger partial charge on any atom is 0.338 e. The SMILES string of the molecule is CCCc1sc(N)c(C(=O)O)c1C. The van der Waals surface area contributed by atoms with Crippen molar-refractivity contribution in [3.8, 4) is 0 Å². The Bertz CT molecular complexity index is 331. The normalized spacial score (nSPS) is 10.3. The molecular formula is C9H13NO2S. The third-order valence-electron chi connectivity index (χ3n) is 1.96. The number of anilines is 1. The molecule has 0 spiro atoms. The van der Waals surface area contributed by atoms with Crippen molar-refractivity contribution in [2.75, 3.05) is 5.73 Å². The second-order valence-electron chi connectivity index (χ2n) is 2.94. The van der Waals surface area contributed by atoms with Crippen molar-refractivity contribution in [1.29, 1.82) is 0 Å². The number of carboxylic acid groups (broad SMARTS) is 1. The number of aromatic carboxylic acids is 1. The summed E-state index contributed by atoms with van der Waals surface area (Å²) in [5.74, 6) is -0.923. The first-order valence-corrected chi connectivity index (χ1v) is 5.00. The maximum atomic E-state index is 10.8. The average molecular weight is 199 g/mol. The number of hydrogen-bond donors (Lipinski definition) is 2. The third kappa shape index (κ3) is 1.83. The van der Waals surface area contributed by atoms with E-state index >= 15 is 0 Å². The minimum Gasteiger partial charge on any atom is -0.478 e. The Hall–Kier alpha value is -1.03. The van der Waals surface area contributed by atoms with Crippen LogP contribution in [-0.2, 0) is 6.42 Å². The second kappa shape index (κ2) is 3.79. The highest BCUT2D eigenvalue weighted by Gasteiger charge is 2.17. The lowest BCUT2D eigenvalue weighted by molar-refractivity contribution is 0.0697. The molecule has 1 aromatic rings. The van der Waals surface area contributed by atoms with E-state index in [0.717, 1.165) is 23.3 Å². The number of rotatable bonds is 3. The molecule has 0 radical (unpaired) electrons. The Kier molecular flexibility index (Phi) is 2.93. The minimum atomic E-state index is -0.923. The van der Waals surface area contributed by atoms with Gasteiger partial charge in [0, 0.05) is 4.88 Å². The standard InChI is InChI=1S/C9H13NO2S/c1-3-4-6-5(2)7(9(11)12)8(10)13-6/h3-4,10H2,1-2H3,(H,11,12). The summed E-state index contributed by atoms with van der Waals surface area (Å²) in [6, 6.07) is 0. The Morgan fingerprint density at radius 2 is 2.23 bits per heavy atom. The van der Waals surface area contributed by atoms with Crippen LogP contribution in [-0.4, -0.2) is 11.1 Å². The van der Waals surface area contributed by atoms with Crippen LogP contribution < -0.4 is 5.73 Å². The fourth-order valence-electron chi connectivity index (χ4n) is 1.32. The Labute approximate surface area is 81.2 Å². The van der Waals surface area contributed by atoms with Crippen molar-refractivity contribution in [3.05, 3.63) is 16.0 Å². The highest BCUT2D eigenvalue weighted by atomic mass is 32.1. The van der Waals surface area contributed by atoms with Crippen LogP contribution in [0.2, 0.25) is 0 Å². The summed E-state index contributed by atoms with van der Waals surface area (Å²) in [5, 5.41) is 9.28. The first kappa shape index (κ1) is 10.1. The van der Waals surface area contributed by atoms with Crippen molar-refractivity contribution in [2.45, 2.75) is 26.7 Å². The Balaban J connectivity index is 3.14. The van der Waals surface area contributed by atoms with Crippen molar-refractivity contribution in [3.63, 3.8) is 0 Å². The minimum absolute atomic E-state index is 0.286. The zero-order valence-corrected chi connectivity index (χ0v) is 8.57. The van der Waals surface area contributed by atoms with Gasteiger partial charge in [-0.15, -0.1) is 11.3 Å². The molecule has 1 rings (SSSR count). The molecule has 0 bridgehead atoms. The zero-order valence-electron chi connectivity index (χ0n) is 7.76. The summed E-state index contributed by atoms with van der Waals surface area (Å²) in [6.07, 6.45) is 1.92. The molecule has 72 valence electrons. The molecule has 0 aliphatic carbocycles. The van der Waals surface area contributed by atoms with E-state index in [2.05, 4.69) is 6.92 Å². The molecular weight excluding hydrogens is 186 g/mol. The molecule has 1 heterocycles. The van der Waals surface area contributed by atoms with Crippen LogP contribution in [0.5, 0.6) is 0 Å². The van der Waals surface area contributed by atoms with Gasteiger partial charge in [-0.3, -0.25) is 0 Å². The summed E-state index contributed by atoms with van der Waals surface area (Å²) in [7, 11) is 0. The summed E-state index contributed by atoms with van der Waals surface area (Å²) in [5.41, 5.74) is 6.73. The highest BCUT2D eigenvalue weighted by Crippen LogP contribution is 2.31. The van der Waals surface area contributed by atoms with Crippen LogP contribution in [0.1, 0.15) is 34.1 Å². The van der Waals surface area contributed by atoms with Gasteiger partial charge >= 0.3 is 5.97 Å². The molecule has 0 aliphatic heterocycles. The number of nitrogens with two attached hydrogens (primary N) is 1. The van der Waals surface area contributed by atoms with Gasteiger partial charge in [0.15, 0.2) is 0 Å². The van der Waals surface area contributed by atoms with Gasteiger partial charge in [0.25, 0.3) is 0 Å². The lowest BCUT2D eigenvalue weighted by atomic mass is 10.1. The molecule has 0 atom stereocenters. The van der Waals surface area contributed by atoms with Crippen molar-refractivity contribution >= 4 is 22.3 Å². The number of carboxylic acids is 1. The van der Waals surface area contributed by atoms with Crippen molar-refractivity contribution < 1.29 is 9.90 Å². The summed E-state index contributed by atoms with van der Waals surface area (Å²) in [4.78, 5) is 11.9. The fourth-order valence-corrected chi connectivity index (χ4v) is 2.49. The topological polar surface area (TPSA) is 63.3 Å². The van der Waals surface area contributed by atoms with E-state index in [4.69, 9.17) is 10.8 Å². The zero-order chi connectivity index (χ0) is 10.0. The summed E-state index contributed by atoms with van der Waals surface area (Å²) in [6.45, 7) is 3.89. The molecule has 3 N–H and O–H groups in total. The summed E-state index contributed by atoms with van der Waals surface area (Å²) < 4.78 is 0. The molecule has 0 saturated carbocycles.